The Morgan fingerprint density at radius 2 is 1.48 bits per heavy atom. The summed E-state index contributed by atoms with van der Waals surface area (Å²) in [4.78, 5) is 11.0. The Labute approximate surface area is 119 Å². The van der Waals surface area contributed by atoms with Crippen LogP contribution in [0.5, 0.6) is 0 Å². The molecule has 2 aromatic carbocycles. The Hall–Kier alpha value is -2.30. The molecule has 0 saturated heterocycles. The zero-order chi connectivity index (χ0) is 15.5. The van der Waals surface area contributed by atoms with E-state index in [0.717, 1.165) is 17.7 Å². The normalized spacial score (nSPS) is 12.9. The highest BCUT2D eigenvalue weighted by Crippen LogP contribution is 2.32. The van der Waals surface area contributed by atoms with Crippen molar-refractivity contribution in [3.63, 3.8) is 0 Å². The van der Waals surface area contributed by atoms with Crippen LogP contribution in [0.2, 0.25) is 0 Å². The molecule has 0 bridgehead atoms. The monoisotopic (exact) mass is 294 g/mol. The van der Waals surface area contributed by atoms with Crippen LogP contribution >= 0.6 is 0 Å². The molecule has 1 unspecified atom stereocenters. The van der Waals surface area contributed by atoms with E-state index in [1.165, 1.54) is 12.1 Å². The Kier molecular flexibility index (Phi) is 4.31. The molecule has 0 spiro atoms. The predicted octanol–water partition coefficient (Wildman–Crippen LogP) is 4.31. The molecule has 110 valence electrons. The molecule has 0 amide bonds. The van der Waals surface area contributed by atoms with Crippen molar-refractivity contribution in [1.82, 2.24) is 0 Å². The van der Waals surface area contributed by atoms with Gasteiger partial charge in [0, 0.05) is 5.92 Å². The fourth-order valence-electron chi connectivity index (χ4n) is 2.19. The fraction of sp³-hybridized carbons (Fsp3) is 0.188. The maximum atomic E-state index is 12.6. The van der Waals surface area contributed by atoms with Crippen LogP contribution in [0.4, 0.5) is 13.2 Å². The molecule has 2 aromatic rings. The van der Waals surface area contributed by atoms with Gasteiger partial charge in [0.15, 0.2) is 0 Å². The van der Waals surface area contributed by atoms with Crippen molar-refractivity contribution < 1.29 is 23.1 Å². The molecule has 0 aliphatic rings. The average molecular weight is 294 g/mol. The third-order valence-corrected chi connectivity index (χ3v) is 3.22. The lowest BCUT2D eigenvalue weighted by Gasteiger charge is -2.17. The van der Waals surface area contributed by atoms with Crippen molar-refractivity contribution in [1.29, 1.82) is 0 Å². The molecule has 0 aliphatic carbocycles. The quantitative estimate of drug-likeness (QED) is 0.912. The van der Waals surface area contributed by atoms with Crippen LogP contribution in [0.3, 0.4) is 0 Å². The lowest BCUT2D eigenvalue weighted by molar-refractivity contribution is -0.138. The number of carboxylic acids is 1. The van der Waals surface area contributed by atoms with Gasteiger partial charge in [-0.2, -0.15) is 13.2 Å². The maximum Gasteiger partial charge on any atom is 0.416 e. The summed E-state index contributed by atoms with van der Waals surface area (Å²) in [5, 5.41) is 9.01. The highest BCUT2D eigenvalue weighted by atomic mass is 19.4. The van der Waals surface area contributed by atoms with Gasteiger partial charge in [0.2, 0.25) is 0 Å². The molecule has 21 heavy (non-hydrogen) atoms. The number of hydrogen-bond donors (Lipinski definition) is 1. The first-order chi connectivity index (χ1) is 9.88. The van der Waals surface area contributed by atoms with Gasteiger partial charge in [0.25, 0.3) is 0 Å². The van der Waals surface area contributed by atoms with Crippen LogP contribution in [0.15, 0.2) is 54.6 Å². The summed E-state index contributed by atoms with van der Waals surface area (Å²) in [6.45, 7) is 0. The highest BCUT2D eigenvalue weighted by molar-refractivity contribution is 5.69. The van der Waals surface area contributed by atoms with Gasteiger partial charge >= 0.3 is 12.1 Å². The molecule has 0 heterocycles. The summed E-state index contributed by atoms with van der Waals surface area (Å²) in [5.41, 5.74) is 0.574. The van der Waals surface area contributed by atoms with Crippen LogP contribution in [-0.2, 0) is 11.0 Å². The van der Waals surface area contributed by atoms with Crippen LogP contribution in [0.1, 0.15) is 29.0 Å². The molecule has 0 fully saturated rings. The predicted molar refractivity (Wildman–Crippen MR) is 72.0 cm³/mol. The van der Waals surface area contributed by atoms with E-state index in [9.17, 15) is 18.0 Å². The van der Waals surface area contributed by atoms with E-state index in [0.29, 0.717) is 5.56 Å². The fourth-order valence-corrected chi connectivity index (χ4v) is 2.19. The first-order valence-electron chi connectivity index (χ1n) is 6.32. The number of alkyl halides is 3. The van der Waals surface area contributed by atoms with E-state index in [1.807, 2.05) is 0 Å². The number of aliphatic carboxylic acids is 1. The minimum atomic E-state index is -4.40. The van der Waals surface area contributed by atoms with E-state index >= 15 is 0 Å². The van der Waals surface area contributed by atoms with Gasteiger partial charge in [0.05, 0.1) is 12.0 Å². The van der Waals surface area contributed by atoms with Crippen LogP contribution in [0.25, 0.3) is 0 Å². The van der Waals surface area contributed by atoms with Crippen molar-refractivity contribution in [3.05, 3.63) is 71.3 Å². The van der Waals surface area contributed by atoms with Crippen LogP contribution in [-0.4, -0.2) is 11.1 Å². The number of halogens is 3. The second-order valence-electron chi connectivity index (χ2n) is 4.68. The Morgan fingerprint density at radius 3 is 1.95 bits per heavy atom. The number of carbonyl (C=O) groups is 1. The first-order valence-corrected chi connectivity index (χ1v) is 6.32. The zero-order valence-electron chi connectivity index (χ0n) is 11.0. The van der Waals surface area contributed by atoms with Crippen LogP contribution in [0, 0.1) is 0 Å². The molecule has 1 atom stereocenters. The van der Waals surface area contributed by atoms with Crippen LogP contribution < -0.4 is 0 Å². The Balaban J connectivity index is 2.36. The molecule has 0 radical (unpaired) electrons. The molecule has 0 aromatic heterocycles. The summed E-state index contributed by atoms with van der Waals surface area (Å²) >= 11 is 0. The van der Waals surface area contributed by atoms with Gasteiger partial charge in [-0.3, -0.25) is 4.79 Å². The van der Waals surface area contributed by atoms with E-state index in [4.69, 9.17) is 5.11 Å². The average Bonchev–Trinajstić information content (AvgIpc) is 2.45. The first kappa shape index (κ1) is 15.1. The molecule has 2 rings (SSSR count). The maximum absolute atomic E-state index is 12.6. The lowest BCUT2D eigenvalue weighted by Crippen LogP contribution is -2.09. The standard InChI is InChI=1S/C16H13F3O2/c17-16(18,19)13-8-6-12(7-9-13)14(10-15(20)21)11-4-2-1-3-5-11/h1-9,14H,10H2,(H,20,21). The topological polar surface area (TPSA) is 37.3 Å². The third kappa shape index (κ3) is 3.84. The minimum absolute atomic E-state index is 0.171. The molecule has 0 saturated carbocycles. The summed E-state index contributed by atoms with van der Waals surface area (Å²) in [6.07, 6.45) is -4.57. The minimum Gasteiger partial charge on any atom is -0.481 e. The van der Waals surface area contributed by atoms with Gasteiger partial charge in [-0.1, -0.05) is 42.5 Å². The number of hydrogen-bond acceptors (Lipinski definition) is 1. The van der Waals surface area contributed by atoms with Crippen molar-refractivity contribution in [3.8, 4) is 0 Å². The smallest absolute Gasteiger partial charge is 0.416 e. The molecular weight excluding hydrogens is 281 g/mol. The van der Waals surface area contributed by atoms with Crippen molar-refractivity contribution in [2.45, 2.75) is 18.5 Å². The molecular formula is C16H13F3O2. The second kappa shape index (κ2) is 5.99. The van der Waals surface area contributed by atoms with Crippen molar-refractivity contribution >= 4 is 5.97 Å². The summed E-state index contributed by atoms with van der Waals surface area (Å²) in [7, 11) is 0. The number of rotatable bonds is 4. The summed E-state index contributed by atoms with van der Waals surface area (Å²) in [6, 6.07) is 13.5. The van der Waals surface area contributed by atoms with E-state index < -0.39 is 23.6 Å². The Bertz CT molecular complexity index is 604. The van der Waals surface area contributed by atoms with Gasteiger partial charge in [-0.05, 0) is 23.3 Å². The zero-order valence-corrected chi connectivity index (χ0v) is 11.0. The largest absolute Gasteiger partial charge is 0.481 e. The third-order valence-electron chi connectivity index (χ3n) is 3.22. The molecule has 2 nitrogen and oxygen atoms in total. The van der Waals surface area contributed by atoms with E-state index in [1.54, 1.807) is 30.3 Å². The van der Waals surface area contributed by atoms with E-state index in [-0.39, 0.29) is 6.42 Å². The lowest BCUT2D eigenvalue weighted by atomic mass is 9.88. The van der Waals surface area contributed by atoms with Crippen molar-refractivity contribution in [2.24, 2.45) is 0 Å². The Morgan fingerprint density at radius 1 is 0.952 bits per heavy atom. The number of carboxylic acid groups (broad SMARTS) is 1. The van der Waals surface area contributed by atoms with Gasteiger partial charge in [-0.15, -0.1) is 0 Å². The highest BCUT2D eigenvalue weighted by Gasteiger charge is 2.30. The number of benzene rings is 2. The summed E-state index contributed by atoms with van der Waals surface area (Å²) in [5.74, 6) is -1.46. The second-order valence-corrected chi connectivity index (χ2v) is 4.68. The van der Waals surface area contributed by atoms with E-state index in [2.05, 4.69) is 0 Å². The van der Waals surface area contributed by atoms with Gasteiger partial charge in [-0.25, -0.2) is 0 Å². The molecule has 1 N–H and O–H groups in total. The SMILES string of the molecule is O=C(O)CC(c1ccccc1)c1ccc(C(F)(F)F)cc1. The van der Waals surface area contributed by atoms with Crippen molar-refractivity contribution in [2.75, 3.05) is 0 Å². The van der Waals surface area contributed by atoms with Gasteiger partial charge < -0.3 is 5.11 Å². The van der Waals surface area contributed by atoms with Gasteiger partial charge in [0.1, 0.15) is 0 Å². The molecule has 5 heteroatoms. The summed E-state index contributed by atoms with van der Waals surface area (Å²) < 4.78 is 37.7. The molecule has 0 aliphatic heterocycles.